The van der Waals surface area contributed by atoms with Crippen molar-refractivity contribution in [2.75, 3.05) is 37.6 Å². The molecular weight excluding hydrogens is 268 g/mol. The number of anilines is 1. The normalized spacial score (nSPS) is 22.4. The van der Waals surface area contributed by atoms with Gasteiger partial charge in [-0.3, -0.25) is 4.90 Å². The van der Waals surface area contributed by atoms with Gasteiger partial charge in [0.2, 0.25) is 0 Å². The molecule has 1 aromatic rings. The lowest BCUT2D eigenvalue weighted by Crippen LogP contribution is -2.54. The van der Waals surface area contributed by atoms with Crippen molar-refractivity contribution in [3.8, 4) is 0 Å². The monoisotopic (exact) mass is 294 g/mol. The van der Waals surface area contributed by atoms with Gasteiger partial charge in [0, 0.05) is 56.4 Å². The zero-order chi connectivity index (χ0) is 13.9. The highest BCUT2D eigenvalue weighted by Crippen LogP contribution is 2.22. The maximum Gasteiger partial charge on any atom is 0.185 e. The largest absolute Gasteiger partial charge is 0.346 e. The Hall–Kier alpha value is -0.650. The molecule has 5 heteroatoms. The molecule has 0 amide bonds. The third kappa shape index (κ3) is 3.51. The average molecular weight is 294 g/mol. The van der Waals surface area contributed by atoms with Crippen molar-refractivity contribution >= 4 is 16.5 Å². The summed E-state index contributed by atoms with van der Waals surface area (Å²) in [5.41, 5.74) is 0. The molecule has 1 atom stereocenters. The van der Waals surface area contributed by atoms with Gasteiger partial charge in [0.1, 0.15) is 0 Å². The standard InChI is InChI=1S/C15H26N4S/c1-12(2)14(11-17-13-3-4-13)18-6-8-19(9-7-18)15-16-5-10-20-15/h5,10,12-14,17H,3-4,6-9,11H2,1-2H3. The van der Waals surface area contributed by atoms with E-state index in [2.05, 4.69) is 39.3 Å². The van der Waals surface area contributed by atoms with Gasteiger partial charge in [0.05, 0.1) is 0 Å². The third-order valence-electron chi connectivity index (χ3n) is 4.44. The zero-order valence-corrected chi connectivity index (χ0v) is 13.4. The molecule has 3 rings (SSSR count). The van der Waals surface area contributed by atoms with Gasteiger partial charge in [-0.1, -0.05) is 13.8 Å². The first-order chi connectivity index (χ1) is 9.74. The highest BCUT2D eigenvalue weighted by atomic mass is 32.1. The Morgan fingerprint density at radius 2 is 2.05 bits per heavy atom. The number of hydrogen-bond donors (Lipinski definition) is 1. The Morgan fingerprint density at radius 3 is 2.60 bits per heavy atom. The quantitative estimate of drug-likeness (QED) is 0.870. The number of thiazole rings is 1. The summed E-state index contributed by atoms with van der Waals surface area (Å²) in [5.74, 6) is 0.715. The predicted octanol–water partition coefficient (Wildman–Crippen LogP) is 2.04. The van der Waals surface area contributed by atoms with Crippen LogP contribution in [0, 0.1) is 5.92 Å². The van der Waals surface area contributed by atoms with Crippen molar-refractivity contribution in [2.45, 2.75) is 38.8 Å². The van der Waals surface area contributed by atoms with Crippen LogP contribution in [-0.2, 0) is 0 Å². The number of hydrogen-bond acceptors (Lipinski definition) is 5. The molecule has 1 aliphatic heterocycles. The summed E-state index contributed by atoms with van der Waals surface area (Å²) in [6.07, 6.45) is 4.66. The lowest BCUT2D eigenvalue weighted by Gasteiger charge is -2.41. The Bertz CT molecular complexity index is 394. The van der Waals surface area contributed by atoms with Crippen LogP contribution < -0.4 is 10.2 Å². The molecule has 2 fully saturated rings. The molecule has 1 saturated heterocycles. The van der Waals surface area contributed by atoms with Crippen molar-refractivity contribution in [3.63, 3.8) is 0 Å². The minimum Gasteiger partial charge on any atom is -0.346 e. The Balaban J connectivity index is 1.51. The molecule has 2 heterocycles. The first-order valence-electron chi connectivity index (χ1n) is 7.86. The molecule has 1 unspecified atom stereocenters. The number of nitrogens with zero attached hydrogens (tertiary/aromatic N) is 3. The molecule has 1 aromatic heterocycles. The summed E-state index contributed by atoms with van der Waals surface area (Å²) < 4.78 is 0. The van der Waals surface area contributed by atoms with Crippen LogP contribution in [0.3, 0.4) is 0 Å². The van der Waals surface area contributed by atoms with E-state index in [1.54, 1.807) is 11.3 Å². The molecule has 0 aromatic carbocycles. The smallest absolute Gasteiger partial charge is 0.185 e. The summed E-state index contributed by atoms with van der Waals surface area (Å²) in [6, 6.07) is 1.49. The molecule has 20 heavy (non-hydrogen) atoms. The summed E-state index contributed by atoms with van der Waals surface area (Å²) in [7, 11) is 0. The van der Waals surface area contributed by atoms with Crippen molar-refractivity contribution < 1.29 is 0 Å². The van der Waals surface area contributed by atoms with E-state index in [1.807, 2.05) is 6.20 Å². The molecule has 1 saturated carbocycles. The molecule has 0 bridgehead atoms. The van der Waals surface area contributed by atoms with E-state index in [1.165, 1.54) is 18.0 Å². The van der Waals surface area contributed by atoms with E-state index in [-0.39, 0.29) is 0 Å². The van der Waals surface area contributed by atoms with Gasteiger partial charge in [0.15, 0.2) is 5.13 Å². The molecular formula is C15H26N4S. The fourth-order valence-electron chi connectivity index (χ4n) is 2.98. The minimum atomic E-state index is 0.675. The van der Waals surface area contributed by atoms with E-state index in [0.29, 0.717) is 12.0 Å². The van der Waals surface area contributed by atoms with Crippen LogP contribution in [-0.4, -0.2) is 54.7 Å². The topological polar surface area (TPSA) is 31.4 Å². The lowest BCUT2D eigenvalue weighted by atomic mass is 10.0. The van der Waals surface area contributed by atoms with E-state index < -0.39 is 0 Å². The highest BCUT2D eigenvalue weighted by Gasteiger charge is 2.29. The van der Waals surface area contributed by atoms with Crippen LogP contribution in [0.25, 0.3) is 0 Å². The van der Waals surface area contributed by atoms with Gasteiger partial charge < -0.3 is 10.2 Å². The zero-order valence-electron chi connectivity index (χ0n) is 12.6. The van der Waals surface area contributed by atoms with Crippen LogP contribution >= 0.6 is 11.3 Å². The Labute approximate surface area is 126 Å². The van der Waals surface area contributed by atoms with Crippen LogP contribution in [0.5, 0.6) is 0 Å². The second-order valence-electron chi connectivity index (χ2n) is 6.33. The molecule has 0 radical (unpaired) electrons. The fraction of sp³-hybridized carbons (Fsp3) is 0.800. The third-order valence-corrected chi connectivity index (χ3v) is 5.27. The first-order valence-corrected chi connectivity index (χ1v) is 8.74. The van der Waals surface area contributed by atoms with Gasteiger partial charge in [-0.2, -0.15) is 0 Å². The number of aromatic nitrogens is 1. The van der Waals surface area contributed by atoms with Gasteiger partial charge in [0.25, 0.3) is 0 Å². The van der Waals surface area contributed by atoms with Crippen LogP contribution in [0.4, 0.5) is 5.13 Å². The minimum absolute atomic E-state index is 0.675. The fourth-order valence-corrected chi connectivity index (χ4v) is 3.68. The van der Waals surface area contributed by atoms with E-state index in [9.17, 15) is 0 Å². The van der Waals surface area contributed by atoms with Crippen molar-refractivity contribution in [3.05, 3.63) is 11.6 Å². The number of piperazine rings is 1. The van der Waals surface area contributed by atoms with Crippen molar-refractivity contribution in [1.29, 1.82) is 0 Å². The van der Waals surface area contributed by atoms with Crippen LogP contribution in [0.2, 0.25) is 0 Å². The van der Waals surface area contributed by atoms with Gasteiger partial charge in [-0.15, -0.1) is 11.3 Å². The lowest BCUT2D eigenvalue weighted by molar-refractivity contribution is 0.143. The molecule has 0 spiro atoms. The summed E-state index contributed by atoms with van der Waals surface area (Å²) >= 11 is 1.75. The number of nitrogens with one attached hydrogen (secondary N) is 1. The Morgan fingerprint density at radius 1 is 1.30 bits per heavy atom. The average Bonchev–Trinajstić information content (AvgIpc) is 3.11. The van der Waals surface area contributed by atoms with Crippen molar-refractivity contribution in [2.24, 2.45) is 5.92 Å². The summed E-state index contributed by atoms with van der Waals surface area (Å²) in [5, 5.41) is 6.96. The SMILES string of the molecule is CC(C)C(CNC1CC1)N1CCN(c2nccs2)CC1. The van der Waals surface area contributed by atoms with Gasteiger partial charge in [-0.25, -0.2) is 4.98 Å². The van der Waals surface area contributed by atoms with E-state index >= 15 is 0 Å². The Kier molecular flexibility index (Phi) is 4.58. The maximum absolute atomic E-state index is 4.43. The summed E-state index contributed by atoms with van der Waals surface area (Å²) in [4.78, 5) is 9.52. The van der Waals surface area contributed by atoms with E-state index in [4.69, 9.17) is 0 Å². The molecule has 2 aliphatic rings. The summed E-state index contributed by atoms with van der Waals surface area (Å²) in [6.45, 7) is 10.4. The van der Waals surface area contributed by atoms with E-state index in [0.717, 1.165) is 38.8 Å². The second kappa shape index (κ2) is 6.41. The number of rotatable bonds is 6. The molecule has 1 aliphatic carbocycles. The maximum atomic E-state index is 4.43. The van der Waals surface area contributed by atoms with Gasteiger partial charge in [-0.05, 0) is 18.8 Å². The molecule has 4 nitrogen and oxygen atoms in total. The van der Waals surface area contributed by atoms with Gasteiger partial charge >= 0.3 is 0 Å². The van der Waals surface area contributed by atoms with Crippen LogP contribution in [0.1, 0.15) is 26.7 Å². The predicted molar refractivity (Wildman–Crippen MR) is 85.6 cm³/mol. The first kappa shape index (κ1) is 14.3. The van der Waals surface area contributed by atoms with Crippen molar-refractivity contribution in [1.82, 2.24) is 15.2 Å². The highest BCUT2D eigenvalue weighted by molar-refractivity contribution is 7.13. The molecule has 112 valence electrons. The molecule has 1 N–H and O–H groups in total. The second-order valence-corrected chi connectivity index (χ2v) is 7.20. The van der Waals surface area contributed by atoms with Crippen LogP contribution in [0.15, 0.2) is 11.6 Å².